The molecule has 1 saturated carbocycles. The number of pyridine rings is 1. The van der Waals surface area contributed by atoms with Crippen LogP contribution in [0.4, 0.5) is 0 Å². The van der Waals surface area contributed by atoms with Gasteiger partial charge in [0.1, 0.15) is 5.58 Å². The van der Waals surface area contributed by atoms with Gasteiger partial charge in [-0.3, -0.25) is 4.99 Å². The Kier molecular flexibility index (Phi) is 5.95. The maximum atomic E-state index is 6.19. The Bertz CT molecular complexity index is 1380. The zero-order valence-electron chi connectivity index (χ0n) is 19.6. The summed E-state index contributed by atoms with van der Waals surface area (Å²) >= 11 is 0. The first-order valence-electron chi connectivity index (χ1n) is 11.8. The average molecular weight is 435 g/mol. The van der Waals surface area contributed by atoms with Gasteiger partial charge in [0.25, 0.3) is 0 Å². The molecule has 0 atom stereocenters. The highest BCUT2D eigenvalue weighted by molar-refractivity contribution is 6.11. The van der Waals surface area contributed by atoms with E-state index >= 15 is 0 Å². The lowest BCUT2D eigenvalue weighted by atomic mass is 9.94. The molecule has 33 heavy (non-hydrogen) atoms. The number of furan rings is 1. The molecule has 1 fully saturated rings. The largest absolute Gasteiger partial charge is 0.437 e. The van der Waals surface area contributed by atoms with Gasteiger partial charge in [0, 0.05) is 35.8 Å². The van der Waals surface area contributed by atoms with Crippen molar-refractivity contribution in [2.24, 2.45) is 4.99 Å². The van der Waals surface area contributed by atoms with Crippen LogP contribution in [0.15, 0.2) is 76.3 Å². The number of aromatic nitrogens is 1. The number of nitrogens with zero attached hydrogens (tertiary/aromatic N) is 2. The number of aliphatic imine (C=N–C) groups is 1. The number of fused-ring (bicyclic) bond motifs is 3. The van der Waals surface area contributed by atoms with Crippen LogP contribution in [0.25, 0.3) is 33.2 Å². The molecule has 1 aliphatic rings. The van der Waals surface area contributed by atoms with Crippen LogP contribution in [-0.2, 0) is 0 Å². The van der Waals surface area contributed by atoms with E-state index in [0.29, 0.717) is 5.71 Å². The highest BCUT2D eigenvalue weighted by atomic mass is 16.3. The van der Waals surface area contributed by atoms with E-state index in [4.69, 9.17) is 4.42 Å². The smallest absolute Gasteiger partial charge is 0.227 e. The van der Waals surface area contributed by atoms with Gasteiger partial charge < -0.3 is 4.42 Å². The number of allylic oxidation sites excluding steroid dienone is 4. The maximum absolute atomic E-state index is 6.19. The van der Waals surface area contributed by atoms with E-state index in [0.717, 1.165) is 39.0 Å². The van der Waals surface area contributed by atoms with Gasteiger partial charge in [0.15, 0.2) is 0 Å². The molecule has 0 amide bonds. The van der Waals surface area contributed by atoms with Crippen molar-refractivity contribution in [3.05, 3.63) is 89.1 Å². The molecule has 2 aromatic carbocycles. The van der Waals surface area contributed by atoms with Gasteiger partial charge in [-0.2, -0.15) is 0 Å². The summed E-state index contributed by atoms with van der Waals surface area (Å²) in [5.74, 6) is 0.732. The van der Waals surface area contributed by atoms with Crippen molar-refractivity contribution in [3.63, 3.8) is 0 Å². The molecule has 0 radical (unpaired) electrons. The molecule has 0 aliphatic heterocycles. The Hall–Kier alpha value is -3.46. The third-order valence-corrected chi connectivity index (χ3v) is 6.87. The maximum Gasteiger partial charge on any atom is 0.227 e. The summed E-state index contributed by atoms with van der Waals surface area (Å²) in [5.41, 5.74) is 8.82. The van der Waals surface area contributed by atoms with Crippen LogP contribution in [0.5, 0.6) is 0 Å². The third-order valence-electron chi connectivity index (χ3n) is 6.87. The standard InChI is InChI=1S/C30H30N2O/c1-20(28-21(2)11-17-26-27-9-6-18-32-30(27)33-29(26)28)10-12-25(19-31-3)24-15-13-23(14-16-24)22-7-4-5-8-22/h6,9-19,22H,4-5,7-8H2,1-3H3/b20-10+,25-12+,31-19?. The summed E-state index contributed by atoms with van der Waals surface area (Å²) in [6.45, 7) is 4.27. The molecular weight excluding hydrogens is 404 g/mol. The minimum absolute atomic E-state index is 0.684. The van der Waals surface area contributed by atoms with E-state index < -0.39 is 0 Å². The van der Waals surface area contributed by atoms with E-state index in [1.165, 1.54) is 42.4 Å². The quantitative estimate of drug-likeness (QED) is 0.235. The molecule has 4 aromatic rings. The molecule has 1 aliphatic carbocycles. The van der Waals surface area contributed by atoms with Crippen molar-refractivity contribution in [3.8, 4) is 0 Å². The number of rotatable bonds is 5. The number of hydrogen-bond donors (Lipinski definition) is 0. The number of aryl methyl sites for hydroxylation is 1. The summed E-state index contributed by atoms with van der Waals surface area (Å²) in [6.07, 6.45) is 13.4. The minimum atomic E-state index is 0.684. The van der Waals surface area contributed by atoms with Crippen LogP contribution in [-0.4, -0.2) is 18.2 Å². The third kappa shape index (κ3) is 4.16. The minimum Gasteiger partial charge on any atom is -0.437 e. The first-order chi connectivity index (χ1) is 16.2. The summed E-state index contributed by atoms with van der Waals surface area (Å²) in [6, 6.07) is 17.4. The van der Waals surface area contributed by atoms with Gasteiger partial charge in [-0.05, 0) is 72.6 Å². The van der Waals surface area contributed by atoms with Crippen LogP contribution < -0.4 is 0 Å². The molecule has 2 heterocycles. The highest BCUT2D eigenvalue weighted by Gasteiger charge is 2.17. The SMILES string of the molecule is CN=C/C(=C\C=C(/C)c1c(C)ccc2c1oc1ncccc12)c1ccc(C2CCCC2)cc1. The molecule has 0 saturated heterocycles. The lowest BCUT2D eigenvalue weighted by Crippen LogP contribution is -1.93. The van der Waals surface area contributed by atoms with Gasteiger partial charge in [-0.15, -0.1) is 0 Å². The fraction of sp³-hybridized carbons (Fsp3) is 0.267. The van der Waals surface area contributed by atoms with Crippen molar-refractivity contribution in [1.82, 2.24) is 4.98 Å². The van der Waals surface area contributed by atoms with E-state index in [-0.39, 0.29) is 0 Å². The van der Waals surface area contributed by atoms with Crippen LogP contribution in [0.2, 0.25) is 0 Å². The molecule has 0 N–H and O–H groups in total. The molecule has 5 rings (SSSR count). The molecule has 0 bridgehead atoms. The second-order valence-electron chi connectivity index (χ2n) is 9.05. The van der Waals surface area contributed by atoms with E-state index in [1.54, 1.807) is 6.20 Å². The van der Waals surface area contributed by atoms with E-state index in [1.807, 2.05) is 19.3 Å². The average Bonchev–Trinajstić information content (AvgIpc) is 3.50. The summed E-state index contributed by atoms with van der Waals surface area (Å²) in [5, 5.41) is 2.16. The predicted octanol–water partition coefficient (Wildman–Crippen LogP) is 8.13. The normalized spacial score (nSPS) is 16.0. The van der Waals surface area contributed by atoms with Crippen LogP contribution in [0, 0.1) is 6.92 Å². The zero-order chi connectivity index (χ0) is 22.8. The fourth-order valence-electron chi connectivity index (χ4n) is 5.12. The predicted molar refractivity (Wildman–Crippen MR) is 140 cm³/mol. The Morgan fingerprint density at radius 3 is 2.55 bits per heavy atom. The monoisotopic (exact) mass is 434 g/mol. The second kappa shape index (κ2) is 9.19. The lowest BCUT2D eigenvalue weighted by Gasteiger charge is -2.11. The van der Waals surface area contributed by atoms with Crippen LogP contribution >= 0.6 is 0 Å². The lowest BCUT2D eigenvalue weighted by molar-refractivity contribution is 0.652. The second-order valence-corrected chi connectivity index (χ2v) is 9.05. The molecule has 166 valence electrons. The first-order valence-corrected chi connectivity index (χ1v) is 11.8. The van der Waals surface area contributed by atoms with Crippen molar-refractivity contribution < 1.29 is 4.42 Å². The highest BCUT2D eigenvalue weighted by Crippen LogP contribution is 2.36. The Labute approximate surface area is 195 Å². The van der Waals surface area contributed by atoms with Crippen molar-refractivity contribution in [1.29, 1.82) is 0 Å². The van der Waals surface area contributed by atoms with Gasteiger partial charge in [0.05, 0.1) is 0 Å². The van der Waals surface area contributed by atoms with Crippen LogP contribution in [0.1, 0.15) is 60.8 Å². The zero-order valence-corrected chi connectivity index (χ0v) is 19.6. The Balaban J connectivity index is 1.52. The number of hydrogen-bond acceptors (Lipinski definition) is 3. The van der Waals surface area contributed by atoms with Gasteiger partial charge in [-0.25, -0.2) is 4.98 Å². The fourth-order valence-corrected chi connectivity index (χ4v) is 5.12. The molecule has 3 nitrogen and oxygen atoms in total. The van der Waals surface area contributed by atoms with E-state index in [9.17, 15) is 0 Å². The molecule has 0 unspecified atom stereocenters. The summed E-state index contributed by atoms with van der Waals surface area (Å²) in [4.78, 5) is 8.72. The van der Waals surface area contributed by atoms with Crippen LogP contribution in [0.3, 0.4) is 0 Å². The summed E-state index contributed by atoms with van der Waals surface area (Å²) in [7, 11) is 1.82. The van der Waals surface area contributed by atoms with Gasteiger partial charge in [-0.1, -0.05) is 61.4 Å². The van der Waals surface area contributed by atoms with Crippen molar-refractivity contribution >= 4 is 39.4 Å². The van der Waals surface area contributed by atoms with Gasteiger partial charge >= 0.3 is 0 Å². The number of benzene rings is 2. The van der Waals surface area contributed by atoms with Crippen molar-refractivity contribution in [2.75, 3.05) is 7.05 Å². The Morgan fingerprint density at radius 2 is 1.79 bits per heavy atom. The van der Waals surface area contributed by atoms with Crippen molar-refractivity contribution in [2.45, 2.75) is 45.4 Å². The van der Waals surface area contributed by atoms with Gasteiger partial charge in [0.2, 0.25) is 5.71 Å². The molecule has 3 heteroatoms. The van der Waals surface area contributed by atoms with E-state index in [2.05, 4.69) is 78.4 Å². The first kappa shape index (κ1) is 21.4. The Morgan fingerprint density at radius 1 is 1.00 bits per heavy atom. The topological polar surface area (TPSA) is 38.4 Å². The molecule has 2 aromatic heterocycles. The molecule has 0 spiro atoms. The summed E-state index contributed by atoms with van der Waals surface area (Å²) < 4.78 is 6.19. The molecular formula is C30H30N2O.